The minimum Gasteiger partial charge on any atom is -0.466 e. The van der Waals surface area contributed by atoms with Crippen LogP contribution in [-0.4, -0.2) is 38.1 Å². The van der Waals surface area contributed by atoms with Gasteiger partial charge < -0.3 is 4.74 Å². The van der Waals surface area contributed by atoms with Gasteiger partial charge in [0.05, 0.1) is 23.6 Å². The van der Waals surface area contributed by atoms with Gasteiger partial charge in [-0.25, -0.2) is 13.4 Å². The van der Waals surface area contributed by atoms with Crippen LogP contribution >= 0.6 is 11.3 Å². The summed E-state index contributed by atoms with van der Waals surface area (Å²) in [5.74, 6) is -0.862. The van der Waals surface area contributed by atoms with E-state index in [1.807, 2.05) is 0 Å². The molecule has 1 aromatic heterocycles. The Hall–Kier alpha value is -2.26. The number of sulfone groups is 1. The van der Waals surface area contributed by atoms with Crippen molar-refractivity contribution in [2.45, 2.75) is 18.2 Å². The lowest BCUT2D eigenvalue weighted by Gasteiger charge is -2.04. The van der Waals surface area contributed by atoms with Crippen LogP contribution in [-0.2, 0) is 25.8 Å². The maximum atomic E-state index is 12.2. The lowest BCUT2D eigenvalue weighted by Crippen LogP contribution is -2.13. The molecule has 0 saturated carbocycles. The van der Waals surface area contributed by atoms with E-state index >= 15 is 0 Å². The fraction of sp³-hybridized carbons (Fsp3) is 0.267. The van der Waals surface area contributed by atoms with Crippen molar-refractivity contribution in [2.24, 2.45) is 0 Å². The first-order valence-electron chi connectivity index (χ1n) is 7.01. The van der Waals surface area contributed by atoms with Gasteiger partial charge in [-0.2, -0.15) is 0 Å². The SMILES string of the molecule is CCOC(=O)Cc1csc(NC(=O)c2cccc(S(C)(=O)=O)c2)n1. The second-order valence-corrected chi connectivity index (χ2v) is 7.75. The minimum absolute atomic E-state index is 0.0315. The van der Waals surface area contributed by atoms with Gasteiger partial charge in [0.2, 0.25) is 0 Å². The van der Waals surface area contributed by atoms with E-state index in [4.69, 9.17) is 4.74 Å². The third-order valence-corrected chi connectivity index (χ3v) is 4.84. The summed E-state index contributed by atoms with van der Waals surface area (Å²) in [6.07, 6.45) is 1.11. The molecule has 0 aliphatic rings. The maximum Gasteiger partial charge on any atom is 0.311 e. The topological polar surface area (TPSA) is 102 Å². The van der Waals surface area contributed by atoms with Crippen molar-refractivity contribution in [2.75, 3.05) is 18.2 Å². The Morgan fingerprint density at radius 1 is 1.33 bits per heavy atom. The summed E-state index contributed by atoms with van der Waals surface area (Å²) in [4.78, 5) is 27.8. The second kappa shape index (κ2) is 7.54. The van der Waals surface area contributed by atoms with Gasteiger partial charge >= 0.3 is 5.97 Å². The van der Waals surface area contributed by atoms with Gasteiger partial charge in [0.1, 0.15) is 0 Å². The predicted molar refractivity (Wildman–Crippen MR) is 90.0 cm³/mol. The summed E-state index contributed by atoms with van der Waals surface area (Å²) in [6, 6.07) is 5.74. The lowest BCUT2D eigenvalue weighted by molar-refractivity contribution is -0.142. The Balaban J connectivity index is 2.08. The van der Waals surface area contributed by atoms with Crippen molar-refractivity contribution in [3.8, 4) is 0 Å². The van der Waals surface area contributed by atoms with E-state index in [2.05, 4.69) is 10.3 Å². The fourth-order valence-corrected chi connectivity index (χ4v) is 3.21. The van der Waals surface area contributed by atoms with Crippen LogP contribution in [0.1, 0.15) is 23.0 Å². The molecule has 128 valence electrons. The summed E-state index contributed by atoms with van der Waals surface area (Å²) in [5, 5.41) is 4.56. The standard InChI is InChI=1S/C15H16N2O5S2/c1-3-22-13(18)8-11-9-23-15(16-11)17-14(19)10-5-4-6-12(7-10)24(2,20)21/h4-7,9H,3,8H2,1-2H3,(H,16,17,19). The zero-order valence-corrected chi connectivity index (χ0v) is 14.7. The van der Waals surface area contributed by atoms with Gasteiger partial charge in [0.25, 0.3) is 5.91 Å². The smallest absolute Gasteiger partial charge is 0.311 e. The molecule has 0 saturated heterocycles. The van der Waals surface area contributed by atoms with Crippen LogP contribution in [0.3, 0.4) is 0 Å². The molecule has 1 heterocycles. The Morgan fingerprint density at radius 3 is 2.75 bits per heavy atom. The molecule has 0 spiro atoms. The first-order chi connectivity index (χ1) is 11.3. The van der Waals surface area contributed by atoms with Crippen LogP contribution in [0.5, 0.6) is 0 Å². The first-order valence-corrected chi connectivity index (χ1v) is 9.78. The van der Waals surface area contributed by atoms with E-state index in [1.54, 1.807) is 12.3 Å². The number of hydrogen-bond acceptors (Lipinski definition) is 7. The third-order valence-electron chi connectivity index (χ3n) is 2.93. The number of rotatable bonds is 6. The van der Waals surface area contributed by atoms with E-state index in [1.165, 1.54) is 35.6 Å². The highest BCUT2D eigenvalue weighted by Crippen LogP contribution is 2.18. The van der Waals surface area contributed by atoms with Crippen molar-refractivity contribution in [3.05, 3.63) is 40.9 Å². The number of esters is 1. The summed E-state index contributed by atoms with van der Waals surface area (Å²) >= 11 is 1.17. The summed E-state index contributed by atoms with van der Waals surface area (Å²) in [5.41, 5.74) is 0.707. The summed E-state index contributed by atoms with van der Waals surface area (Å²) < 4.78 is 27.9. The molecule has 0 unspecified atom stereocenters. The number of carbonyl (C=O) groups is 2. The molecule has 0 aliphatic carbocycles. The zero-order chi connectivity index (χ0) is 17.7. The normalized spacial score (nSPS) is 11.1. The average molecular weight is 368 g/mol. The molecule has 0 atom stereocenters. The number of thiazole rings is 1. The van der Waals surface area contributed by atoms with Gasteiger partial charge in [-0.3, -0.25) is 14.9 Å². The Labute approximate surface area is 143 Å². The Bertz CT molecular complexity index is 858. The number of nitrogens with one attached hydrogen (secondary N) is 1. The zero-order valence-electron chi connectivity index (χ0n) is 13.1. The van der Waals surface area contributed by atoms with Gasteiger partial charge in [0, 0.05) is 17.2 Å². The van der Waals surface area contributed by atoms with E-state index in [-0.39, 0.29) is 22.8 Å². The highest BCUT2D eigenvalue weighted by atomic mass is 32.2. The molecule has 0 aliphatic heterocycles. The molecule has 2 aromatic rings. The number of benzene rings is 1. The predicted octanol–water partition coefficient (Wildman–Crippen LogP) is 1.90. The molecule has 2 rings (SSSR count). The van der Waals surface area contributed by atoms with Gasteiger partial charge in [0.15, 0.2) is 15.0 Å². The van der Waals surface area contributed by atoms with Crippen LogP contribution < -0.4 is 5.32 Å². The van der Waals surface area contributed by atoms with E-state index in [0.717, 1.165) is 6.26 Å². The Kier molecular flexibility index (Phi) is 5.68. The summed E-state index contributed by atoms with van der Waals surface area (Å²) in [6.45, 7) is 2.01. The minimum atomic E-state index is -3.39. The van der Waals surface area contributed by atoms with Gasteiger partial charge in [-0.1, -0.05) is 6.07 Å². The maximum absolute atomic E-state index is 12.2. The first kappa shape index (κ1) is 18.1. The molecule has 0 radical (unpaired) electrons. The number of nitrogens with zero attached hydrogens (tertiary/aromatic N) is 1. The number of ether oxygens (including phenoxy) is 1. The van der Waals surface area contributed by atoms with Crippen LogP contribution in [0.15, 0.2) is 34.5 Å². The molecule has 1 aromatic carbocycles. The summed E-state index contributed by atoms with van der Waals surface area (Å²) in [7, 11) is -3.39. The molecule has 24 heavy (non-hydrogen) atoms. The van der Waals surface area contributed by atoms with Crippen LogP contribution in [0, 0.1) is 0 Å². The number of hydrogen-bond donors (Lipinski definition) is 1. The highest BCUT2D eigenvalue weighted by Gasteiger charge is 2.14. The second-order valence-electron chi connectivity index (χ2n) is 4.88. The largest absolute Gasteiger partial charge is 0.466 e. The molecule has 9 heteroatoms. The van der Waals surface area contributed by atoms with Crippen molar-refractivity contribution in [1.29, 1.82) is 0 Å². The molecule has 0 bridgehead atoms. The lowest BCUT2D eigenvalue weighted by atomic mass is 10.2. The monoisotopic (exact) mass is 368 g/mol. The number of carbonyl (C=O) groups excluding carboxylic acids is 2. The van der Waals surface area contributed by atoms with E-state index < -0.39 is 15.7 Å². The Morgan fingerprint density at radius 2 is 2.08 bits per heavy atom. The van der Waals surface area contributed by atoms with Crippen LogP contribution in [0.4, 0.5) is 5.13 Å². The average Bonchev–Trinajstić information content (AvgIpc) is 2.93. The molecular formula is C15H16N2O5S2. The quantitative estimate of drug-likeness (QED) is 0.781. The van der Waals surface area contributed by atoms with E-state index in [0.29, 0.717) is 17.4 Å². The van der Waals surface area contributed by atoms with E-state index in [9.17, 15) is 18.0 Å². The highest BCUT2D eigenvalue weighted by molar-refractivity contribution is 7.90. The molecule has 0 fully saturated rings. The number of aromatic nitrogens is 1. The fourth-order valence-electron chi connectivity index (χ4n) is 1.84. The molecule has 1 amide bonds. The van der Waals surface area contributed by atoms with Crippen molar-refractivity contribution < 1.29 is 22.7 Å². The van der Waals surface area contributed by atoms with Crippen molar-refractivity contribution >= 4 is 38.2 Å². The van der Waals surface area contributed by atoms with Gasteiger partial charge in [-0.15, -0.1) is 11.3 Å². The van der Waals surface area contributed by atoms with Crippen LogP contribution in [0.25, 0.3) is 0 Å². The third kappa shape index (κ3) is 4.87. The molecule has 7 nitrogen and oxygen atoms in total. The molecule has 1 N–H and O–H groups in total. The van der Waals surface area contributed by atoms with Crippen molar-refractivity contribution in [3.63, 3.8) is 0 Å². The van der Waals surface area contributed by atoms with Crippen molar-refractivity contribution in [1.82, 2.24) is 4.98 Å². The number of anilines is 1. The molecular weight excluding hydrogens is 352 g/mol. The number of amides is 1. The van der Waals surface area contributed by atoms with Gasteiger partial charge in [-0.05, 0) is 25.1 Å². The van der Waals surface area contributed by atoms with Crippen LogP contribution in [0.2, 0.25) is 0 Å².